The lowest BCUT2D eigenvalue weighted by Gasteiger charge is -2.04. The highest BCUT2D eigenvalue weighted by atomic mass is 16.3. The molecule has 0 aromatic carbocycles. The lowest BCUT2D eigenvalue weighted by atomic mass is 10.1. The molecule has 3 nitrogen and oxygen atoms in total. The van der Waals surface area contributed by atoms with Gasteiger partial charge in [0.25, 0.3) is 0 Å². The molecule has 0 spiro atoms. The molecule has 0 aliphatic heterocycles. The molecule has 0 aromatic rings. The van der Waals surface area contributed by atoms with Crippen molar-refractivity contribution in [3.8, 4) is 0 Å². The van der Waals surface area contributed by atoms with Crippen LogP contribution in [0.3, 0.4) is 0 Å². The Labute approximate surface area is 82.0 Å². The van der Waals surface area contributed by atoms with E-state index < -0.39 is 6.23 Å². The molecule has 1 atom stereocenters. The quantitative estimate of drug-likeness (QED) is 0.587. The molecule has 0 heterocycles. The van der Waals surface area contributed by atoms with Crippen LogP contribution in [0.4, 0.5) is 0 Å². The minimum absolute atomic E-state index is 0.331. The highest BCUT2D eigenvalue weighted by Crippen LogP contribution is 1.98. The van der Waals surface area contributed by atoms with Gasteiger partial charge in [-0.2, -0.15) is 0 Å². The Morgan fingerprint density at radius 1 is 1.08 bits per heavy atom. The van der Waals surface area contributed by atoms with Crippen LogP contribution in [0, 0.1) is 11.8 Å². The van der Waals surface area contributed by atoms with E-state index in [-0.39, 0.29) is 0 Å². The summed E-state index contributed by atoms with van der Waals surface area (Å²) in [7, 11) is 0. The third-order valence-electron chi connectivity index (χ3n) is 1.42. The lowest BCUT2D eigenvalue weighted by molar-refractivity contribution is 0.156. The van der Waals surface area contributed by atoms with E-state index in [2.05, 4.69) is 13.8 Å². The Kier molecular flexibility index (Phi) is 11.8. The van der Waals surface area contributed by atoms with Crippen LogP contribution < -0.4 is 5.73 Å². The molecular formula is C10H25NO2. The first kappa shape index (κ1) is 15.4. The SMILES string of the molecule is CC(C)CC(N)O.CC(C)CCO. The first-order valence-electron chi connectivity index (χ1n) is 4.94. The highest BCUT2D eigenvalue weighted by molar-refractivity contribution is 4.47. The van der Waals surface area contributed by atoms with Crippen molar-refractivity contribution in [3.63, 3.8) is 0 Å². The van der Waals surface area contributed by atoms with Gasteiger partial charge in [0.2, 0.25) is 0 Å². The van der Waals surface area contributed by atoms with Gasteiger partial charge < -0.3 is 15.9 Å². The Hall–Kier alpha value is -0.120. The second-order valence-corrected chi connectivity index (χ2v) is 4.10. The third-order valence-corrected chi connectivity index (χ3v) is 1.42. The zero-order valence-corrected chi connectivity index (χ0v) is 9.33. The van der Waals surface area contributed by atoms with Crippen LogP contribution >= 0.6 is 0 Å². The highest BCUT2D eigenvalue weighted by Gasteiger charge is 1.97. The maximum atomic E-state index is 8.50. The molecule has 0 aliphatic rings. The summed E-state index contributed by atoms with van der Waals surface area (Å²) in [6.07, 6.45) is 1.000. The summed E-state index contributed by atoms with van der Waals surface area (Å²) < 4.78 is 0. The van der Waals surface area contributed by atoms with Gasteiger partial charge in [-0.15, -0.1) is 0 Å². The van der Waals surface area contributed by atoms with Gasteiger partial charge in [-0.25, -0.2) is 0 Å². The zero-order chi connectivity index (χ0) is 10.9. The molecule has 4 N–H and O–H groups in total. The smallest absolute Gasteiger partial charge is 0.102 e. The number of aliphatic hydroxyl groups excluding tert-OH is 2. The molecule has 0 rings (SSSR count). The van der Waals surface area contributed by atoms with Gasteiger partial charge in [0.1, 0.15) is 6.23 Å². The molecule has 0 radical (unpaired) electrons. The first-order chi connectivity index (χ1) is 5.90. The summed E-state index contributed by atoms with van der Waals surface area (Å²) in [5.74, 6) is 1.15. The topological polar surface area (TPSA) is 66.5 Å². The van der Waals surface area contributed by atoms with Crippen LogP contribution in [-0.4, -0.2) is 23.0 Å². The lowest BCUT2D eigenvalue weighted by Crippen LogP contribution is -2.20. The van der Waals surface area contributed by atoms with Crippen molar-refractivity contribution in [2.24, 2.45) is 17.6 Å². The Morgan fingerprint density at radius 3 is 1.54 bits per heavy atom. The van der Waals surface area contributed by atoms with Gasteiger partial charge in [0.15, 0.2) is 0 Å². The molecular weight excluding hydrogens is 166 g/mol. The minimum atomic E-state index is -0.625. The fourth-order valence-electron chi connectivity index (χ4n) is 0.741. The molecule has 0 amide bonds. The van der Waals surface area contributed by atoms with Crippen molar-refractivity contribution in [3.05, 3.63) is 0 Å². The van der Waals surface area contributed by atoms with E-state index in [1.54, 1.807) is 0 Å². The molecule has 82 valence electrons. The van der Waals surface area contributed by atoms with E-state index >= 15 is 0 Å². The van der Waals surface area contributed by atoms with E-state index in [1.807, 2.05) is 13.8 Å². The average Bonchev–Trinajstić information content (AvgIpc) is 1.83. The minimum Gasteiger partial charge on any atom is -0.396 e. The van der Waals surface area contributed by atoms with Crippen molar-refractivity contribution in [2.45, 2.75) is 46.8 Å². The monoisotopic (exact) mass is 191 g/mol. The number of hydrogen-bond acceptors (Lipinski definition) is 3. The standard InChI is InChI=1S/C5H13NO.C5H12O/c1-4(2)3-5(6)7;1-5(2)3-4-6/h4-5,7H,3,6H2,1-2H3;5-6H,3-4H2,1-2H3. The molecule has 0 saturated carbocycles. The summed E-state index contributed by atoms with van der Waals surface area (Å²) in [5, 5.41) is 16.7. The van der Waals surface area contributed by atoms with Crippen molar-refractivity contribution < 1.29 is 10.2 Å². The number of aliphatic hydroxyl groups is 2. The van der Waals surface area contributed by atoms with Gasteiger partial charge in [0.05, 0.1) is 0 Å². The summed E-state index contributed by atoms with van der Waals surface area (Å²) in [6, 6.07) is 0. The van der Waals surface area contributed by atoms with E-state index in [0.717, 1.165) is 6.42 Å². The molecule has 0 saturated heterocycles. The molecule has 0 bridgehead atoms. The van der Waals surface area contributed by atoms with Gasteiger partial charge in [-0.3, -0.25) is 0 Å². The molecule has 13 heavy (non-hydrogen) atoms. The molecule has 0 fully saturated rings. The maximum absolute atomic E-state index is 8.50. The maximum Gasteiger partial charge on any atom is 0.102 e. The van der Waals surface area contributed by atoms with Crippen molar-refractivity contribution in [2.75, 3.05) is 6.61 Å². The van der Waals surface area contributed by atoms with Crippen LogP contribution in [0.5, 0.6) is 0 Å². The van der Waals surface area contributed by atoms with Crippen LogP contribution in [0.2, 0.25) is 0 Å². The van der Waals surface area contributed by atoms with E-state index in [9.17, 15) is 0 Å². The van der Waals surface area contributed by atoms with Crippen LogP contribution in [0.1, 0.15) is 40.5 Å². The van der Waals surface area contributed by atoms with Crippen molar-refractivity contribution in [1.29, 1.82) is 0 Å². The Bertz CT molecular complexity index is 86.9. The molecule has 1 unspecified atom stereocenters. The third kappa shape index (κ3) is 24.5. The van der Waals surface area contributed by atoms with Crippen molar-refractivity contribution in [1.82, 2.24) is 0 Å². The summed E-state index contributed by atoms with van der Waals surface area (Å²) in [5.41, 5.74) is 5.05. The fourth-order valence-corrected chi connectivity index (χ4v) is 0.741. The van der Waals surface area contributed by atoms with Crippen molar-refractivity contribution >= 4 is 0 Å². The Morgan fingerprint density at radius 2 is 1.54 bits per heavy atom. The van der Waals surface area contributed by atoms with Gasteiger partial charge in [0, 0.05) is 6.61 Å². The summed E-state index contributed by atoms with van der Waals surface area (Å²) >= 11 is 0. The second-order valence-electron chi connectivity index (χ2n) is 4.10. The predicted octanol–water partition coefficient (Wildman–Crippen LogP) is 1.33. The molecule has 0 aliphatic carbocycles. The van der Waals surface area contributed by atoms with E-state index in [0.29, 0.717) is 24.9 Å². The number of hydrogen-bond donors (Lipinski definition) is 3. The van der Waals surface area contributed by atoms with Gasteiger partial charge >= 0.3 is 0 Å². The van der Waals surface area contributed by atoms with Gasteiger partial charge in [-0.1, -0.05) is 27.7 Å². The van der Waals surface area contributed by atoms with Crippen LogP contribution in [0.25, 0.3) is 0 Å². The molecule has 3 heteroatoms. The van der Waals surface area contributed by atoms with E-state index in [1.165, 1.54) is 0 Å². The van der Waals surface area contributed by atoms with Gasteiger partial charge in [-0.05, 0) is 24.7 Å². The summed E-state index contributed by atoms with van der Waals surface area (Å²) in [4.78, 5) is 0. The second kappa shape index (κ2) is 9.96. The zero-order valence-electron chi connectivity index (χ0n) is 9.33. The Balaban J connectivity index is 0. The number of nitrogens with two attached hydrogens (primary N) is 1. The van der Waals surface area contributed by atoms with Crippen LogP contribution in [0.15, 0.2) is 0 Å². The number of rotatable bonds is 4. The fraction of sp³-hybridized carbons (Fsp3) is 1.00. The largest absolute Gasteiger partial charge is 0.396 e. The first-order valence-corrected chi connectivity index (χ1v) is 4.94. The van der Waals surface area contributed by atoms with E-state index in [4.69, 9.17) is 15.9 Å². The average molecular weight is 191 g/mol. The summed E-state index contributed by atoms with van der Waals surface area (Å²) in [6.45, 7) is 8.57. The normalized spacial score (nSPS) is 12.7. The predicted molar refractivity (Wildman–Crippen MR) is 56.2 cm³/mol. The molecule has 0 aromatic heterocycles. The van der Waals surface area contributed by atoms with Crippen LogP contribution in [-0.2, 0) is 0 Å².